The van der Waals surface area contributed by atoms with Gasteiger partial charge in [0.05, 0.1) is 24.0 Å². The second-order valence-corrected chi connectivity index (χ2v) is 8.46. The first-order chi connectivity index (χ1) is 16.3. The Kier molecular flexibility index (Phi) is 5.51. The Labute approximate surface area is 193 Å². The number of fused-ring (bicyclic) bond motifs is 1. The molecule has 0 saturated heterocycles. The van der Waals surface area contributed by atoms with Gasteiger partial charge in [-0.3, -0.25) is 9.20 Å². The molecule has 34 heavy (non-hydrogen) atoms. The summed E-state index contributed by atoms with van der Waals surface area (Å²) in [5.41, 5.74) is 4.72. The number of hydrogen-bond acceptors (Lipinski definition) is 4. The summed E-state index contributed by atoms with van der Waals surface area (Å²) in [6.45, 7) is 1.57. The number of rotatable bonds is 7. The number of anilines is 1. The Morgan fingerprint density at radius 3 is 2.76 bits per heavy atom. The van der Waals surface area contributed by atoms with E-state index < -0.39 is 12.6 Å². The number of imidazole rings is 1. The molecule has 0 bridgehead atoms. The fourth-order valence-electron chi connectivity index (χ4n) is 3.83. The fourth-order valence-corrected chi connectivity index (χ4v) is 3.83. The largest absolute Gasteiger partial charge is 0.390 e. The van der Waals surface area contributed by atoms with Crippen LogP contribution in [-0.2, 0) is 0 Å². The molecule has 1 amide bonds. The van der Waals surface area contributed by atoms with Gasteiger partial charge in [0.2, 0.25) is 0 Å². The lowest BCUT2D eigenvalue weighted by Gasteiger charge is -2.12. The molecule has 10 heteroatoms. The van der Waals surface area contributed by atoms with Crippen molar-refractivity contribution in [3.05, 3.63) is 60.0 Å². The Hall–Kier alpha value is -3.82. The number of amides is 1. The number of nitrogens with zero attached hydrogens (tertiary/aromatic N) is 3. The maximum atomic E-state index is 12.7. The topological polar surface area (TPSA) is 87.1 Å². The summed E-state index contributed by atoms with van der Waals surface area (Å²) in [6, 6.07) is 9.48. The normalized spacial score (nSPS) is 13.9. The Bertz CT molecular complexity index is 1340. The Morgan fingerprint density at radius 1 is 1.26 bits per heavy atom. The summed E-state index contributed by atoms with van der Waals surface area (Å²) < 4.78 is 39.9. The molecule has 1 aliphatic rings. The van der Waals surface area contributed by atoms with Crippen LogP contribution in [0.1, 0.15) is 35.2 Å². The Morgan fingerprint density at radius 2 is 2.09 bits per heavy atom. The molecule has 0 atom stereocenters. The van der Waals surface area contributed by atoms with E-state index >= 15 is 0 Å². The van der Waals surface area contributed by atoms with Crippen LogP contribution in [-0.4, -0.2) is 44.0 Å². The highest BCUT2D eigenvalue weighted by atomic mass is 19.4. The van der Waals surface area contributed by atoms with Crippen molar-refractivity contribution in [3.63, 3.8) is 0 Å². The van der Waals surface area contributed by atoms with Crippen molar-refractivity contribution in [2.75, 3.05) is 11.9 Å². The van der Waals surface area contributed by atoms with Crippen LogP contribution in [0.3, 0.4) is 0 Å². The van der Waals surface area contributed by atoms with Gasteiger partial charge >= 0.3 is 6.18 Å². The molecule has 0 radical (unpaired) electrons. The molecule has 0 unspecified atom stereocenters. The maximum Gasteiger partial charge on any atom is 0.390 e. The third-order valence-corrected chi connectivity index (χ3v) is 5.75. The second kappa shape index (κ2) is 8.51. The van der Waals surface area contributed by atoms with Gasteiger partial charge in [0.15, 0.2) is 11.5 Å². The smallest absolute Gasteiger partial charge is 0.367 e. The number of carbonyl (C=O) groups is 1. The first kappa shape index (κ1) is 22.0. The summed E-state index contributed by atoms with van der Waals surface area (Å²) >= 11 is 0. The fraction of sp³-hybridized carbons (Fsp3) is 0.292. The highest BCUT2D eigenvalue weighted by Crippen LogP contribution is 2.29. The molecule has 1 saturated carbocycles. The van der Waals surface area contributed by atoms with Gasteiger partial charge in [-0.05, 0) is 49.6 Å². The van der Waals surface area contributed by atoms with Gasteiger partial charge in [-0.1, -0.05) is 6.07 Å². The lowest BCUT2D eigenvalue weighted by atomic mass is 10.0. The molecule has 1 fully saturated rings. The average Bonchev–Trinajstić information content (AvgIpc) is 3.24. The predicted octanol–water partition coefficient (Wildman–Crippen LogP) is 4.96. The number of aryl methyl sites for hydroxylation is 1. The van der Waals surface area contributed by atoms with Gasteiger partial charge in [0, 0.05) is 36.1 Å². The van der Waals surface area contributed by atoms with Crippen molar-refractivity contribution in [1.82, 2.24) is 24.7 Å². The van der Waals surface area contributed by atoms with Gasteiger partial charge in [0.25, 0.3) is 5.91 Å². The van der Waals surface area contributed by atoms with Gasteiger partial charge in [-0.25, -0.2) is 9.97 Å². The highest BCUT2D eigenvalue weighted by Gasteiger charge is 2.27. The van der Waals surface area contributed by atoms with E-state index in [0.29, 0.717) is 16.9 Å². The van der Waals surface area contributed by atoms with Crippen LogP contribution in [0.15, 0.2) is 48.9 Å². The van der Waals surface area contributed by atoms with Crippen molar-refractivity contribution in [3.8, 4) is 22.6 Å². The number of H-pyrrole nitrogens is 1. The molecule has 5 rings (SSSR count). The zero-order chi connectivity index (χ0) is 23.9. The van der Waals surface area contributed by atoms with Crippen LogP contribution in [0.5, 0.6) is 0 Å². The monoisotopic (exact) mass is 468 g/mol. The van der Waals surface area contributed by atoms with Gasteiger partial charge in [0.1, 0.15) is 5.69 Å². The molecule has 1 aliphatic carbocycles. The van der Waals surface area contributed by atoms with Crippen LogP contribution >= 0.6 is 0 Å². The summed E-state index contributed by atoms with van der Waals surface area (Å²) in [5, 5.41) is 5.79. The molecule has 3 N–H and O–H groups in total. The molecule has 3 heterocycles. The third-order valence-electron chi connectivity index (χ3n) is 5.75. The highest BCUT2D eigenvalue weighted by molar-refractivity contribution is 5.96. The Balaban J connectivity index is 1.52. The SMILES string of the molecule is Cc1cc(-c2cnc3c(NCCC(F)(F)F)nc(-c4ccc[nH]4)cn23)ccc1C(=O)NC1CC1. The molecule has 4 aromatic rings. The predicted molar refractivity (Wildman–Crippen MR) is 123 cm³/mol. The van der Waals surface area contributed by atoms with E-state index in [1.54, 1.807) is 29.1 Å². The van der Waals surface area contributed by atoms with Crippen molar-refractivity contribution in [1.29, 1.82) is 0 Å². The molecule has 176 valence electrons. The minimum Gasteiger partial charge on any atom is -0.367 e. The lowest BCUT2D eigenvalue weighted by Crippen LogP contribution is -2.26. The first-order valence-corrected chi connectivity index (χ1v) is 11.0. The van der Waals surface area contributed by atoms with Gasteiger partial charge in [-0.15, -0.1) is 0 Å². The van der Waals surface area contributed by atoms with Crippen molar-refractivity contribution in [2.45, 2.75) is 38.4 Å². The summed E-state index contributed by atoms with van der Waals surface area (Å²) in [5.74, 6) is 0.179. The van der Waals surface area contributed by atoms with E-state index in [4.69, 9.17) is 0 Å². The molecular weight excluding hydrogens is 445 g/mol. The zero-order valence-electron chi connectivity index (χ0n) is 18.4. The minimum absolute atomic E-state index is 0.0842. The van der Waals surface area contributed by atoms with Crippen molar-refractivity contribution in [2.24, 2.45) is 0 Å². The third kappa shape index (κ3) is 4.61. The van der Waals surface area contributed by atoms with Crippen molar-refractivity contribution < 1.29 is 18.0 Å². The number of hydrogen-bond donors (Lipinski definition) is 3. The molecular formula is C24H23F3N6O. The molecule has 0 spiro atoms. The molecule has 7 nitrogen and oxygen atoms in total. The van der Waals surface area contributed by atoms with E-state index in [2.05, 4.69) is 25.6 Å². The summed E-state index contributed by atoms with van der Waals surface area (Å²) in [6.07, 6.45) is 1.98. The van der Waals surface area contributed by atoms with Crippen LogP contribution in [0.25, 0.3) is 28.3 Å². The molecule has 3 aromatic heterocycles. The van der Waals surface area contributed by atoms with Gasteiger partial charge < -0.3 is 15.6 Å². The quantitative estimate of drug-likeness (QED) is 0.358. The van der Waals surface area contributed by atoms with E-state index in [1.165, 1.54) is 0 Å². The summed E-state index contributed by atoms with van der Waals surface area (Å²) in [7, 11) is 0. The summed E-state index contributed by atoms with van der Waals surface area (Å²) in [4.78, 5) is 24.5. The standard InChI is InChI=1S/C24H23F3N6O/c1-14-11-15(4-7-17(14)23(34)31-16-5-6-16)20-12-30-22-21(29-10-8-24(25,26)27)32-19(13-33(20)22)18-3-2-9-28-18/h2-4,7,9,11-13,16,28H,5-6,8,10H2,1H3,(H,29,32)(H,31,34). The number of benzene rings is 1. The number of carbonyl (C=O) groups excluding carboxylic acids is 1. The van der Waals surface area contributed by atoms with Crippen LogP contribution in [0, 0.1) is 6.92 Å². The van der Waals surface area contributed by atoms with E-state index in [0.717, 1.165) is 35.4 Å². The lowest BCUT2D eigenvalue weighted by molar-refractivity contribution is -0.131. The van der Waals surface area contributed by atoms with Crippen LogP contribution < -0.4 is 10.6 Å². The number of aromatic amines is 1. The van der Waals surface area contributed by atoms with Gasteiger partial charge in [-0.2, -0.15) is 13.2 Å². The number of aromatic nitrogens is 4. The zero-order valence-corrected chi connectivity index (χ0v) is 18.4. The number of alkyl halides is 3. The van der Waals surface area contributed by atoms with Crippen molar-refractivity contribution >= 4 is 17.4 Å². The van der Waals surface area contributed by atoms with E-state index in [9.17, 15) is 18.0 Å². The number of nitrogens with one attached hydrogen (secondary N) is 3. The first-order valence-electron chi connectivity index (χ1n) is 11.0. The number of halogens is 3. The van der Waals surface area contributed by atoms with E-state index in [-0.39, 0.29) is 24.3 Å². The second-order valence-electron chi connectivity index (χ2n) is 8.46. The van der Waals surface area contributed by atoms with Crippen LogP contribution in [0.4, 0.5) is 19.0 Å². The average molecular weight is 468 g/mol. The minimum atomic E-state index is -4.27. The molecule has 0 aliphatic heterocycles. The van der Waals surface area contributed by atoms with Crippen LogP contribution in [0.2, 0.25) is 0 Å². The maximum absolute atomic E-state index is 12.7. The van der Waals surface area contributed by atoms with E-state index in [1.807, 2.05) is 31.2 Å². The molecule has 1 aromatic carbocycles.